The predicted molar refractivity (Wildman–Crippen MR) is 47.1 cm³/mol. The van der Waals surface area contributed by atoms with Crippen molar-refractivity contribution in [3.8, 4) is 11.5 Å². The number of rotatable bonds is 2. The predicted octanol–water partition coefficient (Wildman–Crippen LogP) is 1.23. The van der Waals surface area contributed by atoms with E-state index in [0.29, 0.717) is 4.47 Å². The van der Waals surface area contributed by atoms with Gasteiger partial charge in [-0.1, -0.05) is 11.8 Å². The summed E-state index contributed by atoms with van der Waals surface area (Å²) in [5.74, 6) is -1.47. The van der Waals surface area contributed by atoms with E-state index in [9.17, 15) is 9.90 Å². The Morgan fingerprint density at radius 2 is 2.23 bits per heavy atom. The highest BCUT2D eigenvalue weighted by molar-refractivity contribution is 9.10. The van der Waals surface area contributed by atoms with Crippen molar-refractivity contribution in [2.24, 2.45) is 0 Å². The van der Waals surface area contributed by atoms with Crippen LogP contribution in [0.4, 0.5) is 0 Å². The third-order valence-corrected chi connectivity index (χ3v) is 2.14. The summed E-state index contributed by atoms with van der Waals surface area (Å²) in [6.45, 7) is 0. The van der Waals surface area contributed by atoms with Crippen LogP contribution in [0.15, 0.2) is 16.6 Å². The van der Waals surface area contributed by atoms with Crippen LogP contribution in [-0.2, 0) is 0 Å². The van der Waals surface area contributed by atoms with Crippen molar-refractivity contribution in [3.63, 3.8) is 0 Å². The molecule has 0 aliphatic carbocycles. The second kappa shape index (κ2) is 3.66. The molecule has 0 radical (unpaired) electrons. The molecular weight excluding hydrogens is 240 g/mol. The van der Waals surface area contributed by atoms with Gasteiger partial charge in [0.1, 0.15) is 5.75 Å². The van der Waals surface area contributed by atoms with E-state index in [1.807, 2.05) is 0 Å². The first-order valence-corrected chi connectivity index (χ1v) is 4.13. The monoisotopic (exact) mass is 245 g/mol. The molecule has 0 fully saturated rings. The summed E-state index contributed by atoms with van der Waals surface area (Å²) >= 11 is 3.02. The van der Waals surface area contributed by atoms with Crippen LogP contribution >= 0.6 is 15.9 Å². The van der Waals surface area contributed by atoms with Crippen LogP contribution in [0.2, 0.25) is 0 Å². The van der Waals surface area contributed by atoms with E-state index in [2.05, 4.69) is 15.9 Å². The van der Waals surface area contributed by atoms with Crippen LogP contribution in [0, 0.1) is 0 Å². The van der Waals surface area contributed by atoms with Crippen molar-refractivity contribution >= 4 is 21.9 Å². The molecular formula is C8H6BrO4-. The quantitative estimate of drug-likeness (QED) is 0.851. The van der Waals surface area contributed by atoms with Crippen LogP contribution in [0.25, 0.3) is 0 Å². The average Bonchev–Trinajstić information content (AvgIpc) is 2.07. The number of benzene rings is 1. The Labute approximate surface area is 82.9 Å². The summed E-state index contributed by atoms with van der Waals surface area (Å²) in [5.41, 5.74) is -0.0641. The lowest BCUT2D eigenvalue weighted by atomic mass is 10.2. The minimum Gasteiger partial charge on any atom is -0.870 e. The topological polar surface area (TPSA) is 69.6 Å². The van der Waals surface area contributed by atoms with Crippen molar-refractivity contribution in [2.75, 3.05) is 7.11 Å². The number of hydrogen-bond acceptors (Lipinski definition) is 3. The van der Waals surface area contributed by atoms with Crippen molar-refractivity contribution in [1.82, 2.24) is 0 Å². The minimum absolute atomic E-state index is 0.0641. The van der Waals surface area contributed by atoms with Gasteiger partial charge in [0.25, 0.3) is 0 Å². The average molecular weight is 246 g/mol. The van der Waals surface area contributed by atoms with E-state index in [0.717, 1.165) is 6.07 Å². The molecule has 0 aliphatic rings. The molecule has 0 saturated carbocycles. The Morgan fingerprint density at radius 1 is 1.62 bits per heavy atom. The summed E-state index contributed by atoms with van der Waals surface area (Å²) < 4.78 is 5.06. The number of ether oxygens (including phenoxy) is 1. The number of halogens is 1. The molecule has 0 heterocycles. The number of carboxylic acid groups (broad SMARTS) is 1. The fourth-order valence-corrected chi connectivity index (χ4v) is 1.35. The highest BCUT2D eigenvalue weighted by atomic mass is 79.9. The lowest BCUT2D eigenvalue weighted by molar-refractivity contribution is -0.270. The van der Waals surface area contributed by atoms with Gasteiger partial charge >= 0.3 is 5.97 Å². The zero-order valence-electron chi connectivity index (χ0n) is 6.70. The maximum atomic E-state index is 11.1. The van der Waals surface area contributed by atoms with Crippen molar-refractivity contribution in [2.45, 2.75) is 0 Å². The van der Waals surface area contributed by atoms with Crippen LogP contribution in [-0.4, -0.2) is 18.2 Å². The fraction of sp³-hybridized carbons (Fsp3) is 0.125. The number of carbonyl (C=O) groups is 1. The van der Waals surface area contributed by atoms with E-state index >= 15 is 0 Å². The molecule has 0 bridgehead atoms. The zero-order chi connectivity index (χ0) is 10.0. The largest absolute Gasteiger partial charge is 0.870 e. The molecule has 5 heteroatoms. The summed E-state index contributed by atoms with van der Waals surface area (Å²) in [6, 6.07) is 2.36. The summed E-state index contributed by atoms with van der Waals surface area (Å²) in [7, 11) is 1.35. The molecule has 0 saturated heterocycles. The van der Waals surface area contributed by atoms with E-state index in [-0.39, 0.29) is 11.3 Å². The van der Waals surface area contributed by atoms with E-state index in [1.165, 1.54) is 13.2 Å². The second-order valence-electron chi connectivity index (χ2n) is 2.29. The Bertz CT molecular complexity index is 348. The first-order chi connectivity index (χ1) is 6.06. The van der Waals surface area contributed by atoms with Gasteiger partial charge in [0, 0.05) is 4.47 Å². The van der Waals surface area contributed by atoms with E-state index in [1.54, 1.807) is 0 Å². The highest BCUT2D eigenvalue weighted by Gasteiger charge is 2.09. The van der Waals surface area contributed by atoms with Crippen LogP contribution < -0.4 is 9.84 Å². The third-order valence-electron chi connectivity index (χ3n) is 1.48. The fourth-order valence-electron chi connectivity index (χ4n) is 0.859. The van der Waals surface area contributed by atoms with Gasteiger partial charge in [-0.15, -0.1) is 0 Å². The summed E-state index contributed by atoms with van der Waals surface area (Å²) in [4.78, 5) is 10.6. The standard InChI is InChI=1S/C8H7BrO4/c1-13-7-3-5(9)4(8(11)12)2-6(7)10/h2-3,10H,1H3,(H,11,12)/p-1. The number of aromatic carboxylic acids is 1. The maximum Gasteiger partial charge on any atom is 0.336 e. The van der Waals surface area contributed by atoms with Crippen LogP contribution in [0.5, 0.6) is 11.5 Å². The molecule has 4 nitrogen and oxygen atoms in total. The summed E-state index contributed by atoms with van der Waals surface area (Å²) in [5, 5.41) is 19.8. The molecule has 1 aromatic carbocycles. The second-order valence-corrected chi connectivity index (χ2v) is 3.14. The van der Waals surface area contributed by atoms with E-state index in [4.69, 9.17) is 9.84 Å². The molecule has 0 atom stereocenters. The van der Waals surface area contributed by atoms with Crippen molar-refractivity contribution in [1.29, 1.82) is 0 Å². The van der Waals surface area contributed by atoms with Crippen LogP contribution in [0.3, 0.4) is 0 Å². The molecule has 1 N–H and O–H groups in total. The zero-order valence-corrected chi connectivity index (χ0v) is 8.29. The van der Waals surface area contributed by atoms with E-state index < -0.39 is 11.7 Å². The van der Waals surface area contributed by atoms with Gasteiger partial charge in [-0.25, -0.2) is 4.79 Å². The van der Waals surface area contributed by atoms with Crippen molar-refractivity contribution in [3.05, 3.63) is 22.2 Å². The van der Waals surface area contributed by atoms with Gasteiger partial charge in [0.05, 0.1) is 12.7 Å². The Morgan fingerprint density at radius 3 is 2.69 bits per heavy atom. The molecule has 70 valence electrons. The van der Waals surface area contributed by atoms with Gasteiger partial charge in [0.2, 0.25) is 0 Å². The highest BCUT2D eigenvalue weighted by Crippen LogP contribution is 2.30. The first-order valence-electron chi connectivity index (χ1n) is 3.34. The van der Waals surface area contributed by atoms with Gasteiger partial charge in [0.15, 0.2) is 0 Å². The van der Waals surface area contributed by atoms with Gasteiger partial charge in [-0.05, 0) is 22.0 Å². The molecule has 0 unspecified atom stereocenters. The number of hydrogen-bond donors (Lipinski definition) is 1. The lowest BCUT2D eigenvalue weighted by Gasteiger charge is -2.13. The van der Waals surface area contributed by atoms with Crippen molar-refractivity contribution < 1.29 is 19.7 Å². The SMILES string of the molecule is COc1cc(Br)c(C(=O)O)cc1[O-]. The molecule has 0 aliphatic heterocycles. The Kier molecular flexibility index (Phi) is 2.77. The van der Waals surface area contributed by atoms with Gasteiger partial charge in [-0.2, -0.15) is 0 Å². The normalized spacial score (nSPS) is 9.69. The first kappa shape index (κ1) is 9.85. The molecule has 13 heavy (non-hydrogen) atoms. The minimum atomic E-state index is -1.15. The third kappa shape index (κ3) is 1.92. The molecule has 1 rings (SSSR count). The summed E-state index contributed by atoms with van der Waals surface area (Å²) in [6.07, 6.45) is 0. The Balaban J connectivity index is 3.28. The van der Waals surface area contributed by atoms with Gasteiger partial charge < -0.3 is 14.9 Å². The number of methoxy groups -OCH3 is 1. The number of carboxylic acids is 1. The lowest BCUT2D eigenvalue weighted by Crippen LogP contribution is -2.02. The molecule has 0 spiro atoms. The maximum absolute atomic E-state index is 11.1. The molecule has 0 amide bonds. The Hall–Kier alpha value is -1.23. The van der Waals surface area contributed by atoms with Crippen LogP contribution in [0.1, 0.15) is 10.4 Å². The molecule has 0 aromatic heterocycles. The van der Waals surface area contributed by atoms with Gasteiger partial charge in [-0.3, -0.25) is 0 Å². The smallest absolute Gasteiger partial charge is 0.336 e. The molecule has 1 aromatic rings.